The first-order valence-electron chi connectivity index (χ1n) is 10.4. The first-order chi connectivity index (χ1) is 13.4. The first-order valence-corrected chi connectivity index (χ1v) is 10.4. The van der Waals surface area contributed by atoms with Crippen molar-refractivity contribution in [3.05, 3.63) is 29.8 Å². The van der Waals surface area contributed by atoms with Crippen molar-refractivity contribution < 1.29 is 19.4 Å². The van der Waals surface area contributed by atoms with Gasteiger partial charge in [-0.2, -0.15) is 0 Å². The number of hydrogen-bond acceptors (Lipinski definition) is 4. The molecule has 6 heteroatoms. The van der Waals surface area contributed by atoms with Crippen molar-refractivity contribution in [1.82, 2.24) is 9.80 Å². The number of rotatable bonds is 7. The zero-order valence-electron chi connectivity index (χ0n) is 17.0. The minimum atomic E-state index is -0.879. The molecule has 3 rings (SSSR count). The molecule has 0 radical (unpaired) electrons. The third kappa shape index (κ3) is 4.85. The van der Waals surface area contributed by atoms with E-state index in [-0.39, 0.29) is 11.3 Å². The monoisotopic (exact) mass is 388 g/mol. The van der Waals surface area contributed by atoms with E-state index in [4.69, 9.17) is 4.74 Å². The molecular formula is C22H32N2O4. The van der Waals surface area contributed by atoms with Gasteiger partial charge in [0, 0.05) is 20.0 Å². The molecule has 1 spiro atoms. The number of amides is 1. The normalized spacial score (nSPS) is 21.8. The number of likely N-dealkylation sites (tertiary alicyclic amines) is 2. The van der Waals surface area contributed by atoms with Gasteiger partial charge in [0.25, 0.3) is 0 Å². The highest BCUT2D eigenvalue weighted by Gasteiger charge is 2.48. The number of unbranched alkanes of at least 4 members (excludes halogenated alkanes) is 1. The van der Waals surface area contributed by atoms with Crippen molar-refractivity contribution in [1.29, 1.82) is 0 Å². The average molecular weight is 389 g/mol. The zero-order chi connectivity index (χ0) is 20.1. The molecule has 2 aliphatic rings. The number of ether oxygens (including phenoxy) is 1. The molecule has 1 N–H and O–H groups in total. The first kappa shape index (κ1) is 20.6. The number of piperidine rings is 1. The van der Waals surface area contributed by atoms with E-state index >= 15 is 0 Å². The van der Waals surface area contributed by atoms with Crippen LogP contribution in [0.25, 0.3) is 0 Å². The second-order valence-electron chi connectivity index (χ2n) is 8.33. The van der Waals surface area contributed by atoms with Gasteiger partial charge in [-0.3, -0.25) is 9.69 Å². The lowest BCUT2D eigenvalue weighted by Gasteiger charge is -2.39. The molecule has 1 aromatic carbocycles. The van der Waals surface area contributed by atoms with Gasteiger partial charge >= 0.3 is 5.97 Å². The Labute approximate surface area is 167 Å². The minimum Gasteiger partial charge on any atom is -0.494 e. The van der Waals surface area contributed by atoms with E-state index < -0.39 is 12.0 Å². The Morgan fingerprint density at radius 2 is 1.89 bits per heavy atom. The van der Waals surface area contributed by atoms with Crippen LogP contribution < -0.4 is 4.74 Å². The van der Waals surface area contributed by atoms with Crippen LogP contribution in [0.3, 0.4) is 0 Å². The Morgan fingerprint density at radius 1 is 1.21 bits per heavy atom. The number of aliphatic carboxylic acids is 1. The van der Waals surface area contributed by atoms with Crippen LogP contribution in [0.15, 0.2) is 24.3 Å². The number of nitrogens with zero attached hydrogens (tertiary/aromatic N) is 2. The smallest absolute Gasteiger partial charge is 0.326 e. The van der Waals surface area contributed by atoms with E-state index in [1.54, 1.807) is 4.90 Å². The molecule has 2 heterocycles. The van der Waals surface area contributed by atoms with Gasteiger partial charge in [0.05, 0.1) is 6.61 Å². The summed E-state index contributed by atoms with van der Waals surface area (Å²) in [7, 11) is 0. The second kappa shape index (κ2) is 8.95. The van der Waals surface area contributed by atoms with Crippen molar-refractivity contribution in [3.8, 4) is 5.75 Å². The molecule has 0 aliphatic carbocycles. The zero-order valence-corrected chi connectivity index (χ0v) is 17.0. The number of benzene rings is 1. The van der Waals surface area contributed by atoms with Crippen LogP contribution in [0, 0.1) is 5.41 Å². The molecule has 1 amide bonds. The third-order valence-electron chi connectivity index (χ3n) is 6.21. The summed E-state index contributed by atoms with van der Waals surface area (Å²) < 4.78 is 5.72. The van der Waals surface area contributed by atoms with Gasteiger partial charge in [-0.1, -0.05) is 25.5 Å². The third-order valence-corrected chi connectivity index (χ3v) is 6.21. The highest BCUT2D eigenvalue weighted by atomic mass is 16.5. The molecule has 0 saturated carbocycles. The number of carboxylic acid groups (broad SMARTS) is 1. The number of carbonyl (C=O) groups is 2. The molecule has 0 bridgehead atoms. The number of carbonyl (C=O) groups excluding carboxylic acids is 1. The van der Waals surface area contributed by atoms with Crippen molar-refractivity contribution in [3.63, 3.8) is 0 Å². The van der Waals surface area contributed by atoms with Gasteiger partial charge in [-0.05, 0) is 61.9 Å². The number of hydrogen-bond donors (Lipinski definition) is 1. The summed E-state index contributed by atoms with van der Waals surface area (Å²) in [5.74, 6) is -0.0894. The molecule has 0 aromatic heterocycles. The van der Waals surface area contributed by atoms with Crippen LogP contribution in [0.4, 0.5) is 0 Å². The maximum atomic E-state index is 11.8. The fourth-order valence-corrected chi connectivity index (χ4v) is 4.44. The lowest BCUT2D eigenvalue weighted by molar-refractivity contribution is -0.147. The Bertz CT molecular complexity index is 656. The van der Waals surface area contributed by atoms with Gasteiger partial charge in [0.2, 0.25) is 5.91 Å². The molecule has 154 valence electrons. The summed E-state index contributed by atoms with van der Waals surface area (Å²) in [6, 6.07) is 7.66. The second-order valence-corrected chi connectivity index (χ2v) is 8.33. The molecule has 1 aromatic rings. The lowest BCUT2D eigenvalue weighted by atomic mass is 9.76. The predicted molar refractivity (Wildman–Crippen MR) is 107 cm³/mol. The Morgan fingerprint density at radius 3 is 2.43 bits per heavy atom. The fraction of sp³-hybridized carbons (Fsp3) is 0.636. The molecule has 1 unspecified atom stereocenters. The molecule has 2 fully saturated rings. The van der Waals surface area contributed by atoms with E-state index in [2.05, 4.69) is 24.0 Å². The van der Waals surface area contributed by atoms with Gasteiger partial charge < -0.3 is 14.7 Å². The minimum absolute atomic E-state index is 0.0395. The molecule has 2 saturated heterocycles. The highest BCUT2D eigenvalue weighted by molar-refractivity contribution is 5.83. The lowest BCUT2D eigenvalue weighted by Crippen LogP contribution is -2.42. The van der Waals surface area contributed by atoms with Crippen LogP contribution in [0.2, 0.25) is 0 Å². The van der Waals surface area contributed by atoms with E-state index in [1.165, 1.54) is 12.5 Å². The van der Waals surface area contributed by atoms with Crippen molar-refractivity contribution >= 4 is 11.9 Å². The largest absolute Gasteiger partial charge is 0.494 e. The van der Waals surface area contributed by atoms with Gasteiger partial charge in [0.15, 0.2) is 0 Å². The molecule has 28 heavy (non-hydrogen) atoms. The summed E-state index contributed by atoms with van der Waals surface area (Å²) in [6.07, 6.45) is 4.67. The molecule has 1 atom stereocenters. The summed E-state index contributed by atoms with van der Waals surface area (Å²) in [4.78, 5) is 27.4. The number of carboxylic acids is 1. The summed E-state index contributed by atoms with van der Waals surface area (Å²) in [5, 5.41) is 9.47. The van der Waals surface area contributed by atoms with Crippen LogP contribution in [0.5, 0.6) is 5.75 Å². The fourth-order valence-electron chi connectivity index (χ4n) is 4.44. The average Bonchev–Trinajstić information content (AvgIpc) is 3.06. The van der Waals surface area contributed by atoms with E-state index in [0.29, 0.717) is 13.0 Å². The van der Waals surface area contributed by atoms with Gasteiger partial charge in [-0.15, -0.1) is 0 Å². The highest BCUT2D eigenvalue weighted by Crippen LogP contribution is 2.43. The van der Waals surface area contributed by atoms with Gasteiger partial charge in [-0.25, -0.2) is 4.79 Å². The van der Waals surface area contributed by atoms with Crippen LogP contribution in [0.1, 0.15) is 51.5 Å². The van der Waals surface area contributed by atoms with E-state index in [1.807, 2.05) is 12.1 Å². The standard InChI is InChI=1S/C22H32N2O4/c1-3-4-13-28-19-7-5-18(6-8-19)15-23-11-9-22(10-12-23)14-20(21(26)27)24(16-22)17(2)25/h5-8,20H,3-4,9-16H2,1-2H3,(H,26,27). The van der Waals surface area contributed by atoms with Gasteiger partial charge in [0.1, 0.15) is 11.8 Å². The summed E-state index contributed by atoms with van der Waals surface area (Å²) in [5.41, 5.74) is 1.22. The van der Waals surface area contributed by atoms with Crippen LogP contribution in [-0.4, -0.2) is 59.1 Å². The molecule has 6 nitrogen and oxygen atoms in total. The SMILES string of the molecule is CCCCOc1ccc(CN2CCC3(CC2)CC(C(=O)O)N(C(C)=O)C3)cc1. The Hall–Kier alpha value is -2.08. The van der Waals surface area contributed by atoms with Crippen molar-refractivity contribution in [2.45, 2.75) is 58.5 Å². The maximum absolute atomic E-state index is 11.8. The quantitative estimate of drug-likeness (QED) is 0.727. The summed E-state index contributed by atoms with van der Waals surface area (Å²) >= 11 is 0. The Kier molecular flexibility index (Phi) is 6.60. The molecule has 2 aliphatic heterocycles. The Balaban J connectivity index is 1.51. The van der Waals surface area contributed by atoms with E-state index in [9.17, 15) is 14.7 Å². The maximum Gasteiger partial charge on any atom is 0.326 e. The summed E-state index contributed by atoms with van der Waals surface area (Å²) in [6.45, 7) is 7.74. The van der Waals surface area contributed by atoms with Crippen LogP contribution >= 0.6 is 0 Å². The van der Waals surface area contributed by atoms with Crippen molar-refractivity contribution in [2.24, 2.45) is 5.41 Å². The molecular weight excluding hydrogens is 356 g/mol. The van der Waals surface area contributed by atoms with Crippen LogP contribution in [-0.2, 0) is 16.1 Å². The van der Waals surface area contributed by atoms with E-state index in [0.717, 1.165) is 57.7 Å². The van der Waals surface area contributed by atoms with Crippen molar-refractivity contribution in [2.75, 3.05) is 26.2 Å². The topological polar surface area (TPSA) is 70.1 Å². The predicted octanol–water partition coefficient (Wildman–Crippen LogP) is 3.15.